The first-order valence-corrected chi connectivity index (χ1v) is 10.8. The summed E-state index contributed by atoms with van der Waals surface area (Å²) in [6.45, 7) is 4.60. The number of rotatable bonds is 7. The van der Waals surface area contributed by atoms with Crippen LogP contribution in [0.2, 0.25) is 0 Å². The number of ether oxygens (including phenoxy) is 4. The Hall–Kier alpha value is -2.89. The average molecular weight is 568 g/mol. The highest BCUT2D eigenvalue weighted by Gasteiger charge is 2.14. The lowest BCUT2D eigenvalue weighted by molar-refractivity contribution is -0.119. The molecule has 2 aromatic carbocycles. The number of amides is 1. The number of fused-ring (bicyclic) bond motifs is 2. The van der Waals surface area contributed by atoms with Gasteiger partial charge in [0.2, 0.25) is 12.7 Å². The number of aliphatic imine (C=N–C) groups is 1. The Morgan fingerprint density at radius 2 is 1.67 bits per heavy atom. The van der Waals surface area contributed by atoms with Crippen LogP contribution in [0.4, 0.5) is 5.69 Å². The normalized spacial score (nSPS) is 14.0. The van der Waals surface area contributed by atoms with E-state index >= 15 is 0 Å². The molecule has 4 rings (SSSR count). The monoisotopic (exact) mass is 568 g/mol. The second kappa shape index (κ2) is 12.4. The first kappa shape index (κ1) is 24.7. The molecular formula is C23H29IN4O5. The number of halogens is 1. The lowest BCUT2D eigenvalue weighted by Gasteiger charge is -2.15. The molecule has 9 nitrogen and oxygen atoms in total. The van der Waals surface area contributed by atoms with Gasteiger partial charge in [0.1, 0.15) is 6.54 Å². The van der Waals surface area contributed by atoms with E-state index in [4.69, 9.17) is 18.9 Å². The third-order valence-corrected chi connectivity index (χ3v) is 4.91. The Balaban J connectivity index is 0.00000306. The van der Waals surface area contributed by atoms with Gasteiger partial charge in [-0.15, -0.1) is 24.0 Å². The maximum Gasteiger partial charge on any atom is 0.241 e. The highest BCUT2D eigenvalue weighted by molar-refractivity contribution is 14.0. The second-order valence-electron chi connectivity index (χ2n) is 7.32. The van der Waals surface area contributed by atoms with Crippen LogP contribution in [0.25, 0.3) is 0 Å². The molecule has 0 aromatic heterocycles. The molecule has 33 heavy (non-hydrogen) atoms. The summed E-state index contributed by atoms with van der Waals surface area (Å²) in [5, 5.41) is 9.30. The fourth-order valence-corrected chi connectivity index (χ4v) is 3.34. The molecule has 1 amide bonds. The van der Waals surface area contributed by atoms with E-state index in [1.165, 1.54) is 0 Å². The molecule has 0 saturated heterocycles. The van der Waals surface area contributed by atoms with Gasteiger partial charge in [-0.2, -0.15) is 0 Å². The number of benzene rings is 2. The number of nitrogens with zero attached hydrogens (tertiary/aromatic N) is 1. The molecule has 0 saturated carbocycles. The van der Waals surface area contributed by atoms with Gasteiger partial charge in [-0.25, -0.2) is 4.99 Å². The standard InChI is InChI=1S/C23H28N4O5.HI/c1-2-24-22(28)14-26-23(25-9-8-16-4-6-19-20(12-16)32-15-31-19)27-17-5-7-18-21(13-17)30-11-3-10-29-18;/h4-7,12-13H,2-3,8-11,14-15H2,1H3,(H,24,28)(H2,25,26,27);1H. The summed E-state index contributed by atoms with van der Waals surface area (Å²) in [5.74, 6) is 3.31. The first-order chi connectivity index (χ1) is 15.7. The molecule has 0 spiro atoms. The molecule has 2 heterocycles. The molecule has 0 bridgehead atoms. The molecule has 10 heteroatoms. The fourth-order valence-electron chi connectivity index (χ4n) is 3.34. The van der Waals surface area contributed by atoms with Crippen molar-refractivity contribution in [3.05, 3.63) is 42.0 Å². The fraction of sp³-hybridized carbons (Fsp3) is 0.391. The van der Waals surface area contributed by atoms with Crippen molar-refractivity contribution in [2.45, 2.75) is 19.8 Å². The Labute approximate surface area is 210 Å². The van der Waals surface area contributed by atoms with Crippen molar-refractivity contribution in [2.75, 3.05) is 45.0 Å². The van der Waals surface area contributed by atoms with Crippen LogP contribution < -0.4 is 34.9 Å². The third-order valence-electron chi connectivity index (χ3n) is 4.91. The molecule has 2 aliphatic rings. The van der Waals surface area contributed by atoms with Crippen LogP contribution >= 0.6 is 24.0 Å². The Morgan fingerprint density at radius 1 is 0.939 bits per heavy atom. The number of guanidine groups is 1. The number of hydrogen-bond acceptors (Lipinski definition) is 6. The number of nitrogens with one attached hydrogen (secondary N) is 3. The first-order valence-electron chi connectivity index (χ1n) is 10.8. The van der Waals surface area contributed by atoms with Crippen LogP contribution in [0, 0.1) is 0 Å². The molecule has 0 radical (unpaired) electrons. The van der Waals surface area contributed by atoms with Gasteiger partial charge in [0.05, 0.1) is 13.2 Å². The Kier molecular flexibility index (Phi) is 9.28. The average Bonchev–Trinajstić information content (AvgIpc) is 3.14. The molecule has 0 fully saturated rings. The van der Waals surface area contributed by atoms with Crippen LogP contribution in [0.15, 0.2) is 41.4 Å². The third kappa shape index (κ3) is 7.04. The number of carbonyl (C=O) groups excluding carboxylic acids is 1. The van der Waals surface area contributed by atoms with E-state index in [1.807, 2.05) is 43.3 Å². The van der Waals surface area contributed by atoms with Crippen LogP contribution in [-0.2, 0) is 11.2 Å². The maximum atomic E-state index is 11.9. The highest BCUT2D eigenvalue weighted by Crippen LogP contribution is 2.33. The van der Waals surface area contributed by atoms with Crippen molar-refractivity contribution >= 4 is 41.5 Å². The zero-order valence-corrected chi connectivity index (χ0v) is 20.8. The molecular weight excluding hydrogens is 539 g/mol. The van der Waals surface area contributed by atoms with Gasteiger partial charge >= 0.3 is 0 Å². The molecule has 2 aromatic rings. The van der Waals surface area contributed by atoms with Gasteiger partial charge in [0.15, 0.2) is 29.0 Å². The second-order valence-corrected chi connectivity index (χ2v) is 7.32. The summed E-state index contributed by atoms with van der Waals surface area (Å²) in [6.07, 6.45) is 1.59. The highest BCUT2D eigenvalue weighted by atomic mass is 127. The lowest BCUT2D eigenvalue weighted by Crippen LogP contribution is -2.34. The van der Waals surface area contributed by atoms with Crippen molar-refractivity contribution < 1.29 is 23.7 Å². The van der Waals surface area contributed by atoms with Gasteiger partial charge in [0, 0.05) is 31.3 Å². The summed E-state index contributed by atoms with van der Waals surface area (Å²) in [4.78, 5) is 16.3. The minimum Gasteiger partial charge on any atom is -0.490 e. The van der Waals surface area contributed by atoms with E-state index in [1.54, 1.807) is 0 Å². The molecule has 0 unspecified atom stereocenters. The molecule has 0 atom stereocenters. The predicted molar refractivity (Wildman–Crippen MR) is 136 cm³/mol. The lowest BCUT2D eigenvalue weighted by atomic mass is 10.1. The van der Waals surface area contributed by atoms with Crippen LogP contribution in [0.3, 0.4) is 0 Å². The van der Waals surface area contributed by atoms with E-state index < -0.39 is 0 Å². The predicted octanol–water partition coefficient (Wildman–Crippen LogP) is 2.93. The van der Waals surface area contributed by atoms with E-state index in [2.05, 4.69) is 20.9 Å². The van der Waals surface area contributed by atoms with Crippen LogP contribution in [0.1, 0.15) is 18.9 Å². The molecule has 0 aliphatic carbocycles. The van der Waals surface area contributed by atoms with E-state index in [9.17, 15) is 4.79 Å². The van der Waals surface area contributed by atoms with E-state index in [0.717, 1.165) is 41.3 Å². The number of hydrogen-bond donors (Lipinski definition) is 3. The smallest absolute Gasteiger partial charge is 0.241 e. The van der Waals surface area contributed by atoms with Crippen molar-refractivity contribution in [3.8, 4) is 23.0 Å². The summed E-state index contributed by atoms with van der Waals surface area (Å²) < 4.78 is 22.3. The number of anilines is 1. The number of likely N-dealkylation sites (N-methyl/N-ethyl adjacent to an activating group) is 1. The maximum absolute atomic E-state index is 11.9. The minimum absolute atomic E-state index is 0. The summed E-state index contributed by atoms with van der Waals surface area (Å²) in [6, 6.07) is 11.6. The van der Waals surface area contributed by atoms with Crippen molar-refractivity contribution in [1.82, 2.24) is 10.6 Å². The van der Waals surface area contributed by atoms with Crippen molar-refractivity contribution in [3.63, 3.8) is 0 Å². The Bertz CT molecular complexity index is 985. The largest absolute Gasteiger partial charge is 0.490 e. The van der Waals surface area contributed by atoms with Gasteiger partial charge in [-0.3, -0.25) is 4.79 Å². The van der Waals surface area contributed by atoms with E-state index in [-0.39, 0.29) is 43.2 Å². The minimum atomic E-state index is -0.136. The van der Waals surface area contributed by atoms with Gasteiger partial charge in [-0.1, -0.05) is 6.07 Å². The summed E-state index contributed by atoms with van der Waals surface area (Å²) in [5.41, 5.74) is 1.90. The Morgan fingerprint density at radius 3 is 2.52 bits per heavy atom. The summed E-state index contributed by atoms with van der Waals surface area (Å²) in [7, 11) is 0. The van der Waals surface area contributed by atoms with Crippen molar-refractivity contribution in [1.29, 1.82) is 0 Å². The van der Waals surface area contributed by atoms with Gasteiger partial charge in [0.25, 0.3) is 0 Å². The zero-order chi connectivity index (χ0) is 22.2. The van der Waals surface area contributed by atoms with Crippen molar-refractivity contribution in [2.24, 2.45) is 4.99 Å². The number of carbonyl (C=O) groups is 1. The summed E-state index contributed by atoms with van der Waals surface area (Å²) >= 11 is 0. The molecule has 3 N–H and O–H groups in total. The van der Waals surface area contributed by atoms with Crippen LogP contribution in [0.5, 0.6) is 23.0 Å². The molecule has 2 aliphatic heterocycles. The SMILES string of the molecule is CCNC(=O)CN=C(NCCc1ccc2c(c1)OCO2)Nc1ccc2c(c1)OCCCO2.I. The topological polar surface area (TPSA) is 102 Å². The van der Waals surface area contributed by atoms with Gasteiger partial charge in [-0.05, 0) is 43.2 Å². The van der Waals surface area contributed by atoms with E-state index in [0.29, 0.717) is 38.0 Å². The van der Waals surface area contributed by atoms with Crippen LogP contribution in [-0.4, -0.2) is 51.5 Å². The molecule has 178 valence electrons. The quantitative estimate of drug-likeness (QED) is 0.268. The van der Waals surface area contributed by atoms with Gasteiger partial charge < -0.3 is 34.9 Å². The zero-order valence-electron chi connectivity index (χ0n) is 18.5.